The van der Waals surface area contributed by atoms with Crippen molar-refractivity contribution in [2.45, 2.75) is 13.5 Å². The number of amides is 1. The maximum Gasteiger partial charge on any atom is 0.255 e. The van der Waals surface area contributed by atoms with E-state index in [4.69, 9.17) is 0 Å². The van der Waals surface area contributed by atoms with E-state index in [0.29, 0.717) is 12.1 Å². The Labute approximate surface area is 121 Å². The van der Waals surface area contributed by atoms with Crippen molar-refractivity contribution < 1.29 is 4.79 Å². The molecule has 0 aliphatic carbocycles. The lowest BCUT2D eigenvalue weighted by Crippen LogP contribution is -2.26. The minimum absolute atomic E-state index is 0.0147. The minimum atomic E-state index is -0.0147. The molecule has 4 heteroatoms. The van der Waals surface area contributed by atoms with Gasteiger partial charge in [-0.2, -0.15) is 0 Å². The molecule has 19 heavy (non-hydrogen) atoms. The van der Waals surface area contributed by atoms with Crippen LogP contribution in [0.3, 0.4) is 0 Å². The standard InChI is InChI=1S/C15H15BrN2O/c1-11-7-13(9-17-8-11)15(19)18(2)10-12-3-5-14(16)6-4-12/h3-9H,10H2,1-2H3. The fraction of sp³-hybridized carbons (Fsp3) is 0.200. The monoisotopic (exact) mass is 318 g/mol. The van der Waals surface area contributed by atoms with Gasteiger partial charge in [0.15, 0.2) is 0 Å². The predicted molar refractivity (Wildman–Crippen MR) is 78.9 cm³/mol. The first-order valence-corrected chi connectivity index (χ1v) is 6.77. The highest BCUT2D eigenvalue weighted by molar-refractivity contribution is 9.10. The number of carbonyl (C=O) groups excluding carboxylic acids is 1. The van der Waals surface area contributed by atoms with Crippen molar-refractivity contribution in [2.75, 3.05) is 7.05 Å². The van der Waals surface area contributed by atoms with Crippen molar-refractivity contribution in [2.24, 2.45) is 0 Å². The number of hydrogen-bond acceptors (Lipinski definition) is 2. The van der Waals surface area contributed by atoms with Gasteiger partial charge in [0.2, 0.25) is 0 Å². The summed E-state index contributed by atoms with van der Waals surface area (Å²) in [5.74, 6) is -0.0147. The number of nitrogens with zero attached hydrogens (tertiary/aromatic N) is 2. The number of pyridine rings is 1. The average Bonchev–Trinajstić information content (AvgIpc) is 2.40. The zero-order chi connectivity index (χ0) is 13.8. The number of aromatic nitrogens is 1. The lowest BCUT2D eigenvalue weighted by atomic mass is 10.1. The second kappa shape index (κ2) is 5.97. The Hall–Kier alpha value is -1.68. The number of benzene rings is 1. The maximum absolute atomic E-state index is 12.2. The topological polar surface area (TPSA) is 33.2 Å². The van der Waals surface area contributed by atoms with Crippen molar-refractivity contribution in [1.82, 2.24) is 9.88 Å². The summed E-state index contributed by atoms with van der Waals surface area (Å²) in [5.41, 5.74) is 2.71. The molecule has 2 aromatic rings. The first-order chi connectivity index (χ1) is 9.06. The van der Waals surface area contributed by atoms with Crippen LogP contribution in [-0.4, -0.2) is 22.8 Å². The van der Waals surface area contributed by atoms with E-state index in [1.54, 1.807) is 24.3 Å². The molecule has 1 heterocycles. The Morgan fingerprint density at radius 3 is 2.58 bits per heavy atom. The van der Waals surface area contributed by atoms with E-state index in [1.165, 1.54) is 0 Å². The zero-order valence-electron chi connectivity index (χ0n) is 10.9. The molecule has 0 saturated heterocycles. The molecule has 0 bridgehead atoms. The van der Waals surface area contributed by atoms with Gasteiger partial charge in [-0.05, 0) is 36.2 Å². The molecule has 0 atom stereocenters. The molecule has 1 aromatic heterocycles. The number of hydrogen-bond donors (Lipinski definition) is 0. The molecular formula is C15H15BrN2O. The van der Waals surface area contributed by atoms with Crippen molar-refractivity contribution in [3.05, 3.63) is 63.9 Å². The summed E-state index contributed by atoms with van der Waals surface area (Å²) in [4.78, 5) is 18.0. The molecule has 0 aliphatic rings. The Bertz CT molecular complexity index is 581. The number of halogens is 1. The Balaban J connectivity index is 2.09. The summed E-state index contributed by atoms with van der Waals surface area (Å²) in [7, 11) is 1.80. The van der Waals surface area contributed by atoms with Crippen LogP contribution in [0.5, 0.6) is 0 Å². The van der Waals surface area contributed by atoms with E-state index in [-0.39, 0.29) is 5.91 Å². The van der Waals surface area contributed by atoms with Gasteiger partial charge in [0.25, 0.3) is 5.91 Å². The lowest BCUT2D eigenvalue weighted by Gasteiger charge is -2.17. The zero-order valence-corrected chi connectivity index (χ0v) is 12.5. The first-order valence-electron chi connectivity index (χ1n) is 5.98. The number of aryl methyl sites for hydroxylation is 1. The van der Waals surface area contributed by atoms with Crippen molar-refractivity contribution in [3.8, 4) is 0 Å². The summed E-state index contributed by atoms with van der Waals surface area (Å²) >= 11 is 3.40. The summed E-state index contributed by atoms with van der Waals surface area (Å²) < 4.78 is 1.04. The van der Waals surface area contributed by atoms with Crippen LogP contribution in [0.4, 0.5) is 0 Å². The molecule has 0 saturated carbocycles. The van der Waals surface area contributed by atoms with E-state index >= 15 is 0 Å². The molecule has 1 aromatic carbocycles. The molecule has 98 valence electrons. The normalized spacial score (nSPS) is 10.3. The van der Waals surface area contributed by atoms with E-state index in [9.17, 15) is 4.79 Å². The number of carbonyl (C=O) groups is 1. The van der Waals surface area contributed by atoms with Crippen LogP contribution >= 0.6 is 15.9 Å². The Kier molecular flexibility index (Phi) is 4.32. The summed E-state index contributed by atoms with van der Waals surface area (Å²) in [6.07, 6.45) is 3.35. The summed E-state index contributed by atoms with van der Waals surface area (Å²) in [6, 6.07) is 9.81. The fourth-order valence-corrected chi connectivity index (χ4v) is 2.09. The van der Waals surface area contributed by atoms with Gasteiger partial charge < -0.3 is 4.90 Å². The van der Waals surface area contributed by atoms with Crippen molar-refractivity contribution >= 4 is 21.8 Å². The molecule has 0 N–H and O–H groups in total. The van der Waals surface area contributed by atoms with Gasteiger partial charge in [0.05, 0.1) is 5.56 Å². The van der Waals surface area contributed by atoms with Crippen LogP contribution in [0.25, 0.3) is 0 Å². The van der Waals surface area contributed by atoms with Gasteiger partial charge >= 0.3 is 0 Å². The van der Waals surface area contributed by atoms with Gasteiger partial charge in [-0.1, -0.05) is 28.1 Å². The molecule has 0 aliphatic heterocycles. The molecule has 2 rings (SSSR count). The SMILES string of the molecule is Cc1cncc(C(=O)N(C)Cc2ccc(Br)cc2)c1. The molecule has 0 unspecified atom stereocenters. The molecular weight excluding hydrogens is 304 g/mol. The highest BCUT2D eigenvalue weighted by Gasteiger charge is 2.12. The second-order valence-corrected chi connectivity index (χ2v) is 5.45. The lowest BCUT2D eigenvalue weighted by molar-refractivity contribution is 0.0784. The second-order valence-electron chi connectivity index (χ2n) is 4.54. The van der Waals surface area contributed by atoms with E-state index < -0.39 is 0 Å². The Morgan fingerprint density at radius 1 is 1.26 bits per heavy atom. The molecule has 0 spiro atoms. The van der Waals surface area contributed by atoms with Crippen LogP contribution in [-0.2, 0) is 6.54 Å². The van der Waals surface area contributed by atoms with Gasteiger partial charge in [0, 0.05) is 30.5 Å². The third-order valence-corrected chi connectivity index (χ3v) is 3.33. The molecule has 0 fully saturated rings. The molecule has 3 nitrogen and oxygen atoms in total. The third-order valence-electron chi connectivity index (χ3n) is 2.80. The van der Waals surface area contributed by atoms with Crippen LogP contribution in [0.2, 0.25) is 0 Å². The fourth-order valence-electron chi connectivity index (χ4n) is 1.83. The Morgan fingerprint density at radius 2 is 1.95 bits per heavy atom. The highest BCUT2D eigenvalue weighted by atomic mass is 79.9. The van der Waals surface area contributed by atoms with Crippen molar-refractivity contribution in [3.63, 3.8) is 0 Å². The largest absolute Gasteiger partial charge is 0.337 e. The predicted octanol–water partition coefficient (Wildman–Crippen LogP) is 3.42. The average molecular weight is 319 g/mol. The van der Waals surface area contributed by atoms with Crippen LogP contribution in [0.1, 0.15) is 21.5 Å². The first kappa shape index (κ1) is 13.7. The minimum Gasteiger partial charge on any atom is -0.337 e. The van der Waals surface area contributed by atoms with E-state index in [2.05, 4.69) is 20.9 Å². The molecule has 0 radical (unpaired) electrons. The van der Waals surface area contributed by atoms with Gasteiger partial charge in [-0.3, -0.25) is 9.78 Å². The summed E-state index contributed by atoms with van der Waals surface area (Å²) in [6.45, 7) is 2.51. The molecule has 1 amide bonds. The van der Waals surface area contributed by atoms with Gasteiger partial charge in [0.1, 0.15) is 0 Å². The van der Waals surface area contributed by atoms with E-state index in [0.717, 1.165) is 15.6 Å². The van der Waals surface area contributed by atoms with Crippen LogP contribution < -0.4 is 0 Å². The maximum atomic E-state index is 12.2. The van der Waals surface area contributed by atoms with E-state index in [1.807, 2.05) is 37.3 Å². The van der Waals surface area contributed by atoms with Crippen molar-refractivity contribution in [1.29, 1.82) is 0 Å². The summed E-state index contributed by atoms with van der Waals surface area (Å²) in [5, 5.41) is 0. The quantitative estimate of drug-likeness (QED) is 0.868. The third kappa shape index (κ3) is 3.64. The smallest absolute Gasteiger partial charge is 0.255 e. The van der Waals surface area contributed by atoms with Gasteiger partial charge in [-0.25, -0.2) is 0 Å². The highest BCUT2D eigenvalue weighted by Crippen LogP contribution is 2.13. The number of rotatable bonds is 3. The van der Waals surface area contributed by atoms with Crippen LogP contribution in [0, 0.1) is 6.92 Å². The van der Waals surface area contributed by atoms with Crippen LogP contribution in [0.15, 0.2) is 47.2 Å². The van der Waals surface area contributed by atoms with Gasteiger partial charge in [-0.15, -0.1) is 0 Å².